The zero-order valence-corrected chi connectivity index (χ0v) is 10.0. The number of aryl methyl sites for hydroxylation is 1. The monoisotopic (exact) mass is 270 g/mol. The van der Waals surface area contributed by atoms with Crippen molar-refractivity contribution < 1.29 is 14.6 Å². The molecule has 0 saturated carbocycles. The minimum absolute atomic E-state index is 0.709. The van der Waals surface area contributed by atoms with Crippen LogP contribution in [-0.4, -0.2) is 18.2 Å². The van der Waals surface area contributed by atoms with Crippen LogP contribution in [-0.2, 0) is 4.79 Å². The molecule has 0 unspecified atom stereocenters. The van der Waals surface area contributed by atoms with Crippen LogP contribution in [0.5, 0.6) is 5.75 Å². The highest BCUT2D eigenvalue weighted by atomic mass is 79.9. The number of halogens is 1. The minimum Gasteiger partial charge on any atom is -0.497 e. The lowest BCUT2D eigenvalue weighted by Crippen LogP contribution is -1.90. The summed E-state index contributed by atoms with van der Waals surface area (Å²) in [6.45, 7) is 1.92. The van der Waals surface area contributed by atoms with Gasteiger partial charge in [-0.15, -0.1) is 0 Å². The first-order chi connectivity index (χ1) is 7.04. The van der Waals surface area contributed by atoms with E-state index < -0.39 is 5.97 Å². The molecule has 0 aliphatic heterocycles. The van der Waals surface area contributed by atoms with Crippen LogP contribution in [0.1, 0.15) is 11.1 Å². The van der Waals surface area contributed by atoms with E-state index in [1.807, 2.05) is 13.0 Å². The third kappa shape index (κ3) is 3.09. The molecule has 1 rings (SSSR count). The number of aliphatic carboxylic acids is 1. The predicted molar refractivity (Wildman–Crippen MR) is 62.1 cm³/mol. The van der Waals surface area contributed by atoms with E-state index in [-0.39, 0.29) is 0 Å². The highest BCUT2D eigenvalue weighted by molar-refractivity contribution is 9.10. The molecule has 0 amide bonds. The van der Waals surface area contributed by atoms with Crippen LogP contribution in [0.4, 0.5) is 0 Å². The number of hydrogen-bond acceptors (Lipinski definition) is 2. The third-order valence-corrected chi connectivity index (χ3v) is 2.98. The second kappa shape index (κ2) is 4.98. The molecule has 3 nitrogen and oxygen atoms in total. The van der Waals surface area contributed by atoms with E-state index in [0.29, 0.717) is 5.75 Å². The molecule has 0 aliphatic carbocycles. The summed E-state index contributed by atoms with van der Waals surface area (Å²) in [6, 6.07) is 3.65. The number of hydrogen-bond donors (Lipinski definition) is 1. The summed E-state index contributed by atoms with van der Waals surface area (Å²) in [6.07, 6.45) is 2.63. The van der Waals surface area contributed by atoms with Crippen molar-refractivity contribution in [3.05, 3.63) is 33.8 Å². The molecule has 80 valence electrons. The van der Waals surface area contributed by atoms with Gasteiger partial charge in [-0.3, -0.25) is 0 Å². The first-order valence-corrected chi connectivity index (χ1v) is 5.09. The van der Waals surface area contributed by atoms with Gasteiger partial charge in [0.05, 0.1) is 7.11 Å². The number of benzene rings is 1. The zero-order valence-electron chi connectivity index (χ0n) is 8.45. The fraction of sp³-hybridized carbons (Fsp3) is 0.182. The average Bonchev–Trinajstić information content (AvgIpc) is 2.19. The number of ether oxygens (including phenoxy) is 1. The molecule has 0 bridgehead atoms. The van der Waals surface area contributed by atoms with Crippen LogP contribution in [0.15, 0.2) is 22.7 Å². The van der Waals surface area contributed by atoms with E-state index in [1.54, 1.807) is 13.2 Å². The second-order valence-electron chi connectivity index (χ2n) is 3.02. The molecular weight excluding hydrogens is 260 g/mol. The summed E-state index contributed by atoms with van der Waals surface area (Å²) in [5.74, 6) is -0.261. The molecule has 15 heavy (non-hydrogen) atoms. The standard InChI is InChI=1S/C11H11BrO3/c1-7-5-9(15-2)6-8(11(7)12)3-4-10(13)14/h3-6H,1-2H3,(H,13,14)/b4-3+. The molecule has 1 N–H and O–H groups in total. The average molecular weight is 271 g/mol. The number of carboxylic acid groups (broad SMARTS) is 1. The Bertz CT molecular complexity index is 411. The Morgan fingerprint density at radius 3 is 2.73 bits per heavy atom. The van der Waals surface area contributed by atoms with Crippen molar-refractivity contribution in [1.29, 1.82) is 0 Å². The van der Waals surface area contributed by atoms with Crippen molar-refractivity contribution in [3.63, 3.8) is 0 Å². The summed E-state index contributed by atoms with van der Waals surface area (Å²) in [7, 11) is 1.58. The van der Waals surface area contributed by atoms with Gasteiger partial charge in [0, 0.05) is 10.5 Å². The molecule has 0 spiro atoms. The Morgan fingerprint density at radius 2 is 2.20 bits per heavy atom. The molecule has 0 heterocycles. The molecule has 0 saturated heterocycles. The van der Waals surface area contributed by atoms with E-state index in [0.717, 1.165) is 21.7 Å². The number of carbonyl (C=O) groups is 1. The first kappa shape index (κ1) is 11.8. The van der Waals surface area contributed by atoms with Crippen molar-refractivity contribution >= 4 is 28.0 Å². The maximum Gasteiger partial charge on any atom is 0.328 e. The van der Waals surface area contributed by atoms with Gasteiger partial charge in [0.1, 0.15) is 5.75 Å². The van der Waals surface area contributed by atoms with Crippen LogP contribution < -0.4 is 4.74 Å². The fourth-order valence-corrected chi connectivity index (χ4v) is 1.52. The Morgan fingerprint density at radius 1 is 1.53 bits per heavy atom. The molecule has 4 heteroatoms. The van der Waals surface area contributed by atoms with E-state index >= 15 is 0 Å². The van der Waals surface area contributed by atoms with Crippen molar-refractivity contribution in [2.24, 2.45) is 0 Å². The molecule has 0 radical (unpaired) electrons. The van der Waals surface area contributed by atoms with Gasteiger partial charge in [-0.2, -0.15) is 0 Å². The molecular formula is C11H11BrO3. The van der Waals surface area contributed by atoms with E-state index in [4.69, 9.17) is 9.84 Å². The van der Waals surface area contributed by atoms with Crippen molar-refractivity contribution in [2.45, 2.75) is 6.92 Å². The lowest BCUT2D eigenvalue weighted by molar-refractivity contribution is -0.131. The molecule has 0 atom stereocenters. The van der Waals surface area contributed by atoms with E-state index in [1.165, 1.54) is 6.08 Å². The molecule has 1 aromatic rings. The molecule has 0 aliphatic rings. The topological polar surface area (TPSA) is 46.5 Å². The zero-order chi connectivity index (χ0) is 11.4. The van der Waals surface area contributed by atoms with Crippen LogP contribution >= 0.6 is 15.9 Å². The quantitative estimate of drug-likeness (QED) is 0.860. The van der Waals surface area contributed by atoms with Crippen LogP contribution in [0.2, 0.25) is 0 Å². The van der Waals surface area contributed by atoms with E-state index in [9.17, 15) is 4.79 Å². The van der Waals surface area contributed by atoms with Crippen molar-refractivity contribution in [1.82, 2.24) is 0 Å². The van der Waals surface area contributed by atoms with Gasteiger partial charge >= 0.3 is 5.97 Å². The third-order valence-electron chi connectivity index (χ3n) is 1.90. The van der Waals surface area contributed by atoms with Gasteiger partial charge < -0.3 is 9.84 Å². The van der Waals surface area contributed by atoms with Crippen LogP contribution in [0, 0.1) is 6.92 Å². The number of rotatable bonds is 3. The minimum atomic E-state index is -0.970. The second-order valence-corrected chi connectivity index (χ2v) is 3.81. The summed E-state index contributed by atoms with van der Waals surface area (Å²) in [5.41, 5.74) is 1.79. The van der Waals surface area contributed by atoms with Gasteiger partial charge in [0.25, 0.3) is 0 Å². The lowest BCUT2D eigenvalue weighted by atomic mass is 10.1. The van der Waals surface area contributed by atoms with Gasteiger partial charge in [0.2, 0.25) is 0 Å². The maximum atomic E-state index is 10.4. The Kier molecular flexibility index (Phi) is 3.91. The summed E-state index contributed by atoms with van der Waals surface area (Å²) >= 11 is 3.39. The predicted octanol–water partition coefficient (Wildman–Crippen LogP) is 2.86. The van der Waals surface area contributed by atoms with E-state index in [2.05, 4.69) is 15.9 Å². The first-order valence-electron chi connectivity index (χ1n) is 4.29. The number of carboxylic acids is 1. The summed E-state index contributed by atoms with van der Waals surface area (Å²) in [5, 5.41) is 8.53. The highest BCUT2D eigenvalue weighted by Crippen LogP contribution is 2.27. The Hall–Kier alpha value is -1.29. The Labute approximate surface area is 96.5 Å². The van der Waals surface area contributed by atoms with Gasteiger partial charge in [-0.1, -0.05) is 0 Å². The molecule has 0 aromatic heterocycles. The summed E-state index contributed by atoms with van der Waals surface area (Å²) < 4.78 is 5.97. The Balaban J connectivity index is 3.16. The highest BCUT2D eigenvalue weighted by Gasteiger charge is 2.04. The smallest absolute Gasteiger partial charge is 0.328 e. The SMILES string of the molecule is COc1cc(C)c(Br)c(/C=C/C(=O)O)c1. The lowest BCUT2D eigenvalue weighted by Gasteiger charge is -2.06. The van der Waals surface area contributed by atoms with Gasteiger partial charge in [-0.25, -0.2) is 4.79 Å². The largest absolute Gasteiger partial charge is 0.497 e. The van der Waals surface area contributed by atoms with Gasteiger partial charge in [0.15, 0.2) is 0 Å². The van der Waals surface area contributed by atoms with Crippen molar-refractivity contribution in [2.75, 3.05) is 7.11 Å². The normalized spacial score (nSPS) is 10.6. The maximum absolute atomic E-state index is 10.4. The summed E-state index contributed by atoms with van der Waals surface area (Å²) in [4.78, 5) is 10.4. The van der Waals surface area contributed by atoms with Crippen molar-refractivity contribution in [3.8, 4) is 5.75 Å². The fourth-order valence-electron chi connectivity index (χ4n) is 1.16. The number of methoxy groups -OCH3 is 1. The molecule has 0 fully saturated rings. The molecule has 1 aromatic carbocycles. The van der Waals surface area contributed by atoms with Gasteiger partial charge in [-0.05, 0) is 52.2 Å². The van der Waals surface area contributed by atoms with Crippen LogP contribution in [0.25, 0.3) is 6.08 Å². The van der Waals surface area contributed by atoms with Crippen LogP contribution in [0.3, 0.4) is 0 Å².